The summed E-state index contributed by atoms with van der Waals surface area (Å²) >= 11 is 11.7. The Labute approximate surface area is 127 Å². The maximum Gasteiger partial charge on any atom is 0.338 e. The molecule has 0 unspecified atom stereocenters. The van der Waals surface area contributed by atoms with Gasteiger partial charge in [0.25, 0.3) is 0 Å². The Kier molecular flexibility index (Phi) is 5.42. The Balaban J connectivity index is 2.76. The molecule has 4 nitrogen and oxygen atoms in total. The van der Waals surface area contributed by atoms with Crippen molar-refractivity contribution in [3.63, 3.8) is 0 Å². The summed E-state index contributed by atoms with van der Waals surface area (Å²) < 4.78 is 5.18. The second-order valence-corrected chi connectivity index (χ2v) is 6.14. The van der Waals surface area contributed by atoms with Crippen LogP contribution in [0.5, 0.6) is 0 Å². The Morgan fingerprint density at radius 1 is 1.20 bits per heavy atom. The molecule has 1 N–H and O–H groups in total. The van der Waals surface area contributed by atoms with Gasteiger partial charge in [0.1, 0.15) is 5.60 Å². The van der Waals surface area contributed by atoms with Crippen molar-refractivity contribution in [2.24, 2.45) is 0 Å². The first kappa shape index (κ1) is 16.8. The van der Waals surface area contributed by atoms with Gasteiger partial charge in [-0.3, -0.25) is 4.79 Å². The SMILES string of the molecule is CC(C)(C)OC(=O)CCc1cc(Cl)c(C(=O)O)c(Cl)c1. The zero-order valence-corrected chi connectivity index (χ0v) is 13.0. The van der Waals surface area contributed by atoms with E-state index in [0.29, 0.717) is 12.0 Å². The molecule has 0 spiro atoms. The van der Waals surface area contributed by atoms with Crippen molar-refractivity contribution < 1.29 is 19.4 Å². The van der Waals surface area contributed by atoms with E-state index in [1.165, 1.54) is 12.1 Å². The third kappa shape index (κ3) is 5.02. The number of halogens is 2. The molecule has 0 aliphatic carbocycles. The van der Waals surface area contributed by atoms with Crippen molar-refractivity contribution in [1.82, 2.24) is 0 Å². The molecule has 1 rings (SSSR count). The molecule has 0 saturated heterocycles. The van der Waals surface area contributed by atoms with Crippen LogP contribution in [0.2, 0.25) is 10.0 Å². The first-order chi connectivity index (χ1) is 9.10. The average Bonchev–Trinajstić information content (AvgIpc) is 2.22. The lowest BCUT2D eigenvalue weighted by atomic mass is 10.1. The highest BCUT2D eigenvalue weighted by Gasteiger charge is 2.18. The van der Waals surface area contributed by atoms with Gasteiger partial charge in [0.15, 0.2) is 0 Å². The summed E-state index contributed by atoms with van der Waals surface area (Å²) in [4.78, 5) is 22.5. The van der Waals surface area contributed by atoms with E-state index in [1.54, 1.807) is 20.8 Å². The van der Waals surface area contributed by atoms with Gasteiger partial charge in [-0.05, 0) is 44.9 Å². The molecule has 0 amide bonds. The van der Waals surface area contributed by atoms with Crippen LogP contribution in [0, 0.1) is 0 Å². The van der Waals surface area contributed by atoms with E-state index < -0.39 is 11.6 Å². The Morgan fingerprint density at radius 3 is 2.10 bits per heavy atom. The molecule has 0 atom stereocenters. The normalized spacial score (nSPS) is 11.2. The molecule has 6 heteroatoms. The van der Waals surface area contributed by atoms with Gasteiger partial charge in [0.05, 0.1) is 15.6 Å². The van der Waals surface area contributed by atoms with Crippen LogP contribution in [0.3, 0.4) is 0 Å². The van der Waals surface area contributed by atoms with Crippen LogP contribution in [0.4, 0.5) is 0 Å². The minimum atomic E-state index is -1.18. The molecular weight excluding hydrogens is 303 g/mol. The van der Waals surface area contributed by atoms with E-state index in [-0.39, 0.29) is 28.0 Å². The van der Waals surface area contributed by atoms with Crippen LogP contribution >= 0.6 is 23.2 Å². The maximum atomic E-state index is 11.6. The number of carboxylic acids is 1. The number of aryl methyl sites for hydroxylation is 1. The molecule has 0 radical (unpaired) electrons. The summed E-state index contributed by atoms with van der Waals surface area (Å²) in [6, 6.07) is 3.00. The lowest BCUT2D eigenvalue weighted by Gasteiger charge is -2.19. The number of carbonyl (C=O) groups is 2. The minimum Gasteiger partial charge on any atom is -0.478 e. The van der Waals surface area contributed by atoms with Gasteiger partial charge < -0.3 is 9.84 Å². The van der Waals surface area contributed by atoms with Crippen LogP contribution in [0.15, 0.2) is 12.1 Å². The number of benzene rings is 1. The van der Waals surface area contributed by atoms with E-state index in [4.69, 9.17) is 33.0 Å². The Morgan fingerprint density at radius 2 is 1.70 bits per heavy atom. The number of carbonyl (C=O) groups excluding carboxylic acids is 1. The highest BCUT2D eigenvalue weighted by molar-refractivity contribution is 6.39. The van der Waals surface area contributed by atoms with Crippen molar-refractivity contribution in [3.8, 4) is 0 Å². The molecule has 0 heterocycles. The maximum absolute atomic E-state index is 11.6. The first-order valence-electron chi connectivity index (χ1n) is 6.03. The van der Waals surface area contributed by atoms with E-state index >= 15 is 0 Å². The molecule has 0 fully saturated rings. The van der Waals surface area contributed by atoms with Crippen LogP contribution < -0.4 is 0 Å². The molecule has 1 aromatic rings. The third-order valence-electron chi connectivity index (χ3n) is 2.35. The smallest absolute Gasteiger partial charge is 0.338 e. The predicted octanol–water partition coefficient (Wildman–Crippen LogP) is 3.97. The number of rotatable bonds is 4. The lowest BCUT2D eigenvalue weighted by molar-refractivity contribution is -0.154. The van der Waals surface area contributed by atoms with Gasteiger partial charge in [-0.15, -0.1) is 0 Å². The van der Waals surface area contributed by atoms with E-state index in [0.717, 1.165) is 0 Å². The van der Waals surface area contributed by atoms with Crippen molar-refractivity contribution >= 4 is 35.1 Å². The molecular formula is C14H16Cl2O4. The van der Waals surface area contributed by atoms with E-state index in [9.17, 15) is 9.59 Å². The molecule has 20 heavy (non-hydrogen) atoms. The minimum absolute atomic E-state index is 0.0594. The number of ether oxygens (including phenoxy) is 1. The molecule has 0 saturated carbocycles. The van der Waals surface area contributed by atoms with Crippen LogP contribution in [-0.4, -0.2) is 22.6 Å². The second-order valence-electron chi connectivity index (χ2n) is 5.33. The standard InChI is InChI=1S/C14H16Cl2O4/c1-14(2,3)20-11(17)5-4-8-6-9(15)12(13(18)19)10(16)7-8/h6-7H,4-5H2,1-3H3,(H,18,19). The summed E-state index contributed by atoms with van der Waals surface area (Å²) in [5.41, 5.74) is 0.0321. The summed E-state index contributed by atoms with van der Waals surface area (Å²) in [5.74, 6) is -1.51. The zero-order valence-electron chi connectivity index (χ0n) is 11.5. The van der Waals surface area contributed by atoms with Gasteiger partial charge >= 0.3 is 11.9 Å². The molecule has 0 aliphatic heterocycles. The fraction of sp³-hybridized carbons (Fsp3) is 0.429. The molecule has 0 aliphatic rings. The van der Waals surface area contributed by atoms with Crippen molar-refractivity contribution in [2.75, 3.05) is 0 Å². The second kappa shape index (κ2) is 6.46. The quantitative estimate of drug-likeness (QED) is 0.853. The molecule has 0 bridgehead atoms. The van der Waals surface area contributed by atoms with E-state index in [2.05, 4.69) is 0 Å². The first-order valence-corrected chi connectivity index (χ1v) is 6.79. The van der Waals surface area contributed by atoms with Gasteiger partial charge in [-0.1, -0.05) is 23.2 Å². The van der Waals surface area contributed by atoms with Crippen LogP contribution in [-0.2, 0) is 16.0 Å². The number of hydrogen-bond donors (Lipinski definition) is 1. The van der Waals surface area contributed by atoms with Crippen molar-refractivity contribution in [1.29, 1.82) is 0 Å². The Hall–Kier alpha value is -1.26. The zero-order chi connectivity index (χ0) is 15.5. The molecule has 110 valence electrons. The van der Waals surface area contributed by atoms with E-state index in [1.807, 2.05) is 0 Å². The van der Waals surface area contributed by atoms with Crippen LogP contribution in [0.1, 0.15) is 43.1 Å². The molecule has 1 aromatic carbocycles. The predicted molar refractivity (Wildman–Crippen MR) is 77.6 cm³/mol. The fourth-order valence-corrected chi connectivity index (χ4v) is 2.31. The summed E-state index contributed by atoms with van der Waals surface area (Å²) in [7, 11) is 0. The topological polar surface area (TPSA) is 63.6 Å². The van der Waals surface area contributed by atoms with Gasteiger partial charge in [-0.25, -0.2) is 4.79 Å². The van der Waals surface area contributed by atoms with Gasteiger partial charge in [0.2, 0.25) is 0 Å². The highest BCUT2D eigenvalue weighted by Crippen LogP contribution is 2.27. The number of hydrogen-bond acceptors (Lipinski definition) is 3. The fourth-order valence-electron chi connectivity index (χ4n) is 1.61. The number of carboxylic acid groups (broad SMARTS) is 1. The van der Waals surface area contributed by atoms with Gasteiger partial charge in [-0.2, -0.15) is 0 Å². The average molecular weight is 319 g/mol. The highest BCUT2D eigenvalue weighted by atomic mass is 35.5. The van der Waals surface area contributed by atoms with Gasteiger partial charge in [0, 0.05) is 6.42 Å². The summed E-state index contributed by atoms with van der Waals surface area (Å²) in [6.07, 6.45) is 0.560. The van der Waals surface area contributed by atoms with Crippen molar-refractivity contribution in [2.45, 2.75) is 39.2 Å². The van der Waals surface area contributed by atoms with Crippen molar-refractivity contribution in [3.05, 3.63) is 33.3 Å². The molecule has 0 aromatic heterocycles. The number of aromatic carboxylic acids is 1. The lowest BCUT2D eigenvalue weighted by Crippen LogP contribution is -2.24. The number of esters is 1. The summed E-state index contributed by atoms with van der Waals surface area (Å²) in [5, 5.41) is 9.06. The Bertz CT molecular complexity index is 509. The summed E-state index contributed by atoms with van der Waals surface area (Å²) in [6.45, 7) is 5.38. The largest absolute Gasteiger partial charge is 0.478 e. The third-order valence-corrected chi connectivity index (χ3v) is 2.95. The van der Waals surface area contributed by atoms with Crippen LogP contribution in [0.25, 0.3) is 0 Å². The monoisotopic (exact) mass is 318 g/mol.